The number of hydrogen-bond acceptors (Lipinski definition) is 5. The average Bonchev–Trinajstić information content (AvgIpc) is 3.04. The topological polar surface area (TPSA) is 108 Å². The Morgan fingerprint density at radius 1 is 0.894 bits per heavy atom. The van der Waals surface area contributed by atoms with Crippen molar-refractivity contribution in [1.82, 2.24) is 15.5 Å². The lowest BCUT2D eigenvalue weighted by Crippen LogP contribution is -2.54. The number of phenols is 1. The van der Waals surface area contributed by atoms with E-state index in [-0.39, 0.29) is 18.1 Å². The minimum absolute atomic E-state index is 0.0960. The molecule has 0 spiro atoms. The van der Waals surface area contributed by atoms with Gasteiger partial charge < -0.3 is 25.4 Å². The molecule has 0 aliphatic heterocycles. The molecule has 2 unspecified atom stereocenters. The zero-order valence-corrected chi connectivity index (χ0v) is 28.3. The molecule has 0 fully saturated rings. The van der Waals surface area contributed by atoms with Crippen LogP contribution < -0.4 is 10.6 Å². The van der Waals surface area contributed by atoms with Gasteiger partial charge in [-0.1, -0.05) is 112 Å². The third-order valence-corrected chi connectivity index (χ3v) is 7.73. The molecule has 0 aliphatic carbocycles. The molecule has 3 aromatic rings. The monoisotopic (exact) mass is 641 g/mol. The van der Waals surface area contributed by atoms with E-state index in [0.717, 1.165) is 48.8 Å². The molecule has 0 heterocycles. The highest BCUT2D eigenvalue weighted by molar-refractivity contribution is 5.92. The Kier molecular flexibility index (Phi) is 14.5. The van der Waals surface area contributed by atoms with Crippen LogP contribution in [0.15, 0.2) is 85.4 Å². The first-order chi connectivity index (χ1) is 22.5. The summed E-state index contributed by atoms with van der Waals surface area (Å²) >= 11 is 0. The second kappa shape index (κ2) is 18.5. The van der Waals surface area contributed by atoms with E-state index in [0.29, 0.717) is 25.1 Å². The molecule has 47 heavy (non-hydrogen) atoms. The zero-order valence-electron chi connectivity index (χ0n) is 28.3. The minimum atomic E-state index is -1.04. The molecule has 3 rings (SSSR count). The molecule has 0 radical (unpaired) electrons. The number of nitrogens with one attached hydrogen (secondary N) is 2. The number of ether oxygens (including phenoxy) is 1. The van der Waals surface area contributed by atoms with Crippen molar-refractivity contribution < 1.29 is 24.2 Å². The van der Waals surface area contributed by atoms with Gasteiger partial charge in [0.15, 0.2) is 0 Å². The first kappa shape index (κ1) is 36.9. The number of phenolic OH excluding ortho intramolecular Hbond substituents is 1. The van der Waals surface area contributed by atoms with Crippen LogP contribution in [-0.4, -0.2) is 46.1 Å². The smallest absolute Gasteiger partial charge is 0.408 e. The summed E-state index contributed by atoms with van der Waals surface area (Å²) in [6.45, 7) is 12.0. The molecular formula is C39H51N3O5. The number of unbranched alkanes of at least 4 members (excludes halogenated alkanes) is 5. The number of carbonyl (C=O) groups is 3. The summed E-state index contributed by atoms with van der Waals surface area (Å²) in [7, 11) is 0. The van der Waals surface area contributed by atoms with Crippen LogP contribution in [0.5, 0.6) is 5.75 Å². The van der Waals surface area contributed by atoms with Gasteiger partial charge in [0.05, 0.1) is 0 Å². The Balaban J connectivity index is 2.04. The number of carbonyl (C=O) groups excluding carboxylic acids is 3. The number of amides is 3. The number of rotatable bonds is 17. The lowest BCUT2D eigenvalue weighted by molar-refractivity contribution is -0.142. The summed E-state index contributed by atoms with van der Waals surface area (Å²) in [6, 6.07) is 21.6. The van der Waals surface area contributed by atoms with Crippen molar-refractivity contribution >= 4 is 24.0 Å². The van der Waals surface area contributed by atoms with E-state index in [1.165, 1.54) is 0 Å². The number of benzene rings is 3. The van der Waals surface area contributed by atoms with Gasteiger partial charge in [0.1, 0.15) is 23.4 Å². The van der Waals surface area contributed by atoms with Crippen molar-refractivity contribution in [3.05, 3.63) is 108 Å². The normalized spacial score (nSPS) is 12.4. The molecule has 0 saturated heterocycles. The van der Waals surface area contributed by atoms with Gasteiger partial charge in [0.2, 0.25) is 11.8 Å². The highest BCUT2D eigenvalue weighted by atomic mass is 16.6. The number of alkyl carbamates (subject to hydrolysis) is 1. The highest BCUT2D eigenvalue weighted by Gasteiger charge is 2.36. The van der Waals surface area contributed by atoms with Gasteiger partial charge in [-0.15, -0.1) is 0 Å². The largest absolute Gasteiger partial charge is 0.508 e. The zero-order chi connectivity index (χ0) is 34.2. The van der Waals surface area contributed by atoms with Crippen molar-refractivity contribution in [3.63, 3.8) is 0 Å². The standard InChI is InChI=1S/C39H51N3O5/c1-6-8-9-10-11-15-25-42(37(45)34(41-38(46)47-39(3,4)5)27-30-21-23-33(43)24-22-30)35(32-20-16-19-29(7-2)26-32)36(44)40-28-31-17-13-12-14-18-31/h7,12-14,16-24,26,34-35,43H,2,6,8-11,15,25,27-28H2,1,3-5H3,(H,40,44)(H,41,46). The predicted molar refractivity (Wildman–Crippen MR) is 188 cm³/mol. The first-order valence-corrected chi connectivity index (χ1v) is 16.6. The van der Waals surface area contributed by atoms with Crippen LogP contribution in [0.2, 0.25) is 0 Å². The summed E-state index contributed by atoms with van der Waals surface area (Å²) in [6.07, 6.45) is 7.12. The van der Waals surface area contributed by atoms with Crippen molar-refractivity contribution in [2.24, 2.45) is 0 Å². The lowest BCUT2D eigenvalue weighted by atomic mass is 9.98. The van der Waals surface area contributed by atoms with Crippen LogP contribution in [-0.2, 0) is 27.3 Å². The second-order valence-corrected chi connectivity index (χ2v) is 12.8. The van der Waals surface area contributed by atoms with Crippen LogP contribution in [0.1, 0.15) is 94.5 Å². The minimum Gasteiger partial charge on any atom is -0.508 e. The maximum absolute atomic E-state index is 14.7. The van der Waals surface area contributed by atoms with Gasteiger partial charge in [-0.3, -0.25) is 9.59 Å². The van der Waals surface area contributed by atoms with Crippen LogP contribution in [0.4, 0.5) is 4.79 Å². The van der Waals surface area contributed by atoms with E-state index >= 15 is 0 Å². The third kappa shape index (κ3) is 12.6. The Labute approximate surface area is 280 Å². The summed E-state index contributed by atoms with van der Waals surface area (Å²) in [5, 5.41) is 15.7. The van der Waals surface area contributed by atoms with E-state index in [9.17, 15) is 19.5 Å². The van der Waals surface area contributed by atoms with Crippen LogP contribution in [0.3, 0.4) is 0 Å². The van der Waals surface area contributed by atoms with E-state index in [1.54, 1.807) is 56.0 Å². The van der Waals surface area contributed by atoms with Gasteiger partial charge in [0.25, 0.3) is 0 Å². The molecule has 3 aromatic carbocycles. The molecular weight excluding hydrogens is 590 g/mol. The Bertz CT molecular complexity index is 1430. The Hall–Kier alpha value is -4.59. The number of hydrogen-bond donors (Lipinski definition) is 3. The van der Waals surface area contributed by atoms with Gasteiger partial charge >= 0.3 is 6.09 Å². The van der Waals surface area contributed by atoms with E-state index in [4.69, 9.17) is 4.74 Å². The van der Waals surface area contributed by atoms with Crippen LogP contribution in [0, 0.1) is 0 Å². The van der Waals surface area contributed by atoms with Crippen molar-refractivity contribution in [1.29, 1.82) is 0 Å². The van der Waals surface area contributed by atoms with Crippen molar-refractivity contribution in [3.8, 4) is 5.75 Å². The molecule has 8 nitrogen and oxygen atoms in total. The van der Waals surface area contributed by atoms with E-state index in [1.807, 2.05) is 54.6 Å². The fourth-order valence-electron chi connectivity index (χ4n) is 5.36. The highest BCUT2D eigenvalue weighted by Crippen LogP contribution is 2.26. The van der Waals surface area contributed by atoms with Gasteiger partial charge in [0, 0.05) is 19.5 Å². The molecule has 0 aromatic heterocycles. The molecule has 0 aliphatic rings. The molecule has 3 N–H and O–H groups in total. The average molecular weight is 642 g/mol. The Morgan fingerprint density at radius 2 is 1.57 bits per heavy atom. The molecule has 8 heteroatoms. The maximum Gasteiger partial charge on any atom is 0.408 e. The Morgan fingerprint density at radius 3 is 2.23 bits per heavy atom. The molecule has 252 valence electrons. The first-order valence-electron chi connectivity index (χ1n) is 16.6. The van der Waals surface area contributed by atoms with Gasteiger partial charge in [-0.25, -0.2) is 4.79 Å². The quantitative estimate of drug-likeness (QED) is 0.131. The lowest BCUT2D eigenvalue weighted by Gasteiger charge is -2.35. The number of nitrogens with zero attached hydrogens (tertiary/aromatic N) is 1. The van der Waals surface area contributed by atoms with Crippen LogP contribution in [0.25, 0.3) is 6.08 Å². The van der Waals surface area contributed by atoms with Crippen molar-refractivity contribution in [2.75, 3.05) is 6.54 Å². The molecule has 2 atom stereocenters. The summed E-state index contributed by atoms with van der Waals surface area (Å²) in [5.74, 6) is -0.630. The summed E-state index contributed by atoms with van der Waals surface area (Å²) in [5.41, 5.74) is 2.36. The molecule has 0 bridgehead atoms. The van der Waals surface area contributed by atoms with E-state index in [2.05, 4.69) is 24.1 Å². The fraction of sp³-hybridized carbons (Fsp3) is 0.410. The van der Waals surface area contributed by atoms with E-state index < -0.39 is 29.7 Å². The summed E-state index contributed by atoms with van der Waals surface area (Å²) < 4.78 is 5.55. The van der Waals surface area contributed by atoms with Gasteiger partial charge in [-0.2, -0.15) is 0 Å². The van der Waals surface area contributed by atoms with Crippen LogP contribution >= 0.6 is 0 Å². The number of aromatic hydroxyl groups is 1. The second-order valence-electron chi connectivity index (χ2n) is 12.8. The maximum atomic E-state index is 14.7. The SMILES string of the molecule is C=Cc1cccc(C(C(=O)NCc2ccccc2)N(CCCCCCCC)C(=O)C(Cc2ccc(O)cc2)NC(=O)OC(C)(C)C)c1. The molecule has 3 amide bonds. The summed E-state index contributed by atoms with van der Waals surface area (Å²) in [4.78, 5) is 43.6. The predicted octanol–water partition coefficient (Wildman–Crippen LogP) is 7.72. The van der Waals surface area contributed by atoms with Gasteiger partial charge in [-0.05, 0) is 67.6 Å². The van der Waals surface area contributed by atoms with Crippen molar-refractivity contribution in [2.45, 2.75) is 96.9 Å². The fourth-order valence-corrected chi connectivity index (χ4v) is 5.36. The molecule has 0 saturated carbocycles. The third-order valence-electron chi connectivity index (χ3n) is 7.73.